The average molecular weight is 288 g/mol. The smallest absolute Gasteiger partial charge is 0.199 e. The molecule has 0 spiro atoms. The van der Waals surface area contributed by atoms with Crippen molar-refractivity contribution in [1.82, 2.24) is 0 Å². The van der Waals surface area contributed by atoms with Crippen molar-refractivity contribution < 1.29 is 23.8 Å². The Morgan fingerprint density at radius 2 is 1.90 bits per heavy atom. The van der Waals surface area contributed by atoms with Crippen molar-refractivity contribution in [3.63, 3.8) is 0 Å². The molecule has 2 aromatic rings. The third kappa shape index (κ3) is 2.36. The van der Waals surface area contributed by atoms with Gasteiger partial charge in [0, 0.05) is 6.07 Å². The Bertz CT molecular complexity index is 681. The van der Waals surface area contributed by atoms with Crippen LogP contribution in [0.4, 0.5) is 4.39 Å². The molecule has 3 rings (SSSR count). The van der Waals surface area contributed by atoms with E-state index in [-0.39, 0.29) is 11.3 Å². The number of aliphatic hydroxyl groups excluding tert-OH is 1. The number of methoxy groups -OCH3 is 1. The van der Waals surface area contributed by atoms with Gasteiger partial charge < -0.3 is 14.6 Å². The first kappa shape index (κ1) is 13.6. The molecular formula is C16H13FO4. The summed E-state index contributed by atoms with van der Waals surface area (Å²) in [6.45, 7) is 0. The van der Waals surface area contributed by atoms with Crippen LogP contribution in [0, 0.1) is 5.82 Å². The number of Topliss-reactive ketones (excluding diaryl/α,β-unsaturated/α-hetero) is 1. The third-order valence-corrected chi connectivity index (χ3v) is 3.46. The van der Waals surface area contributed by atoms with E-state index >= 15 is 0 Å². The van der Waals surface area contributed by atoms with Crippen LogP contribution in [0.3, 0.4) is 0 Å². The molecule has 21 heavy (non-hydrogen) atoms. The number of fused-ring (bicyclic) bond motifs is 1. The Hall–Kier alpha value is -2.40. The van der Waals surface area contributed by atoms with Crippen LogP contribution in [0.1, 0.15) is 22.0 Å². The van der Waals surface area contributed by atoms with E-state index in [4.69, 9.17) is 9.47 Å². The largest absolute Gasteiger partial charge is 0.497 e. The van der Waals surface area contributed by atoms with E-state index in [1.54, 1.807) is 31.4 Å². The number of aliphatic hydroxyl groups is 1. The summed E-state index contributed by atoms with van der Waals surface area (Å²) in [5.74, 6) is -0.170. The Labute approximate surface area is 120 Å². The highest BCUT2D eigenvalue weighted by molar-refractivity contribution is 6.03. The highest BCUT2D eigenvalue weighted by Crippen LogP contribution is 2.35. The number of benzene rings is 2. The number of ether oxygens (including phenoxy) is 2. The molecule has 2 unspecified atom stereocenters. The Morgan fingerprint density at radius 3 is 2.57 bits per heavy atom. The Morgan fingerprint density at radius 1 is 1.19 bits per heavy atom. The van der Waals surface area contributed by atoms with Gasteiger partial charge in [-0.25, -0.2) is 4.39 Å². The minimum absolute atomic E-state index is 0.145. The Kier molecular flexibility index (Phi) is 3.35. The summed E-state index contributed by atoms with van der Waals surface area (Å²) in [5, 5.41) is 10.1. The van der Waals surface area contributed by atoms with Crippen molar-refractivity contribution >= 4 is 5.78 Å². The van der Waals surface area contributed by atoms with Crippen LogP contribution in [0.2, 0.25) is 0 Å². The van der Waals surface area contributed by atoms with Crippen LogP contribution in [0.15, 0.2) is 42.5 Å². The number of carbonyl (C=O) groups excluding carboxylic acids is 1. The second-order valence-electron chi connectivity index (χ2n) is 4.76. The number of hydrogen-bond acceptors (Lipinski definition) is 4. The highest BCUT2D eigenvalue weighted by atomic mass is 19.1. The fraction of sp³-hybridized carbons (Fsp3) is 0.188. The van der Waals surface area contributed by atoms with Gasteiger partial charge in [0.2, 0.25) is 0 Å². The van der Waals surface area contributed by atoms with Crippen LogP contribution in [-0.4, -0.2) is 24.1 Å². The molecule has 0 aromatic heterocycles. The van der Waals surface area contributed by atoms with Gasteiger partial charge in [-0.2, -0.15) is 0 Å². The summed E-state index contributed by atoms with van der Waals surface area (Å²) in [7, 11) is 1.55. The zero-order valence-electron chi connectivity index (χ0n) is 11.2. The standard InChI is InChI=1S/C16H13FO4/c1-20-11-5-2-9(3-6-11)16-15(19)14(18)12-7-4-10(17)8-13(12)21-16/h2-8,15-16,19H,1H3. The summed E-state index contributed by atoms with van der Waals surface area (Å²) in [4.78, 5) is 12.2. The van der Waals surface area contributed by atoms with Gasteiger partial charge in [0.25, 0.3) is 0 Å². The molecule has 1 N–H and O–H groups in total. The van der Waals surface area contributed by atoms with E-state index < -0.39 is 23.8 Å². The van der Waals surface area contributed by atoms with E-state index in [1.807, 2.05) is 0 Å². The third-order valence-electron chi connectivity index (χ3n) is 3.46. The quantitative estimate of drug-likeness (QED) is 0.922. The van der Waals surface area contributed by atoms with Crippen LogP contribution in [0.25, 0.3) is 0 Å². The van der Waals surface area contributed by atoms with Gasteiger partial charge in [-0.05, 0) is 29.8 Å². The molecule has 4 nitrogen and oxygen atoms in total. The van der Waals surface area contributed by atoms with Gasteiger partial charge in [-0.15, -0.1) is 0 Å². The lowest BCUT2D eigenvalue weighted by molar-refractivity contribution is 0.0215. The first-order chi connectivity index (χ1) is 10.1. The molecular weight excluding hydrogens is 275 g/mol. The fourth-order valence-corrected chi connectivity index (χ4v) is 2.34. The van der Waals surface area contributed by atoms with E-state index in [1.165, 1.54) is 12.1 Å². The molecule has 0 amide bonds. The predicted octanol–water partition coefficient (Wildman–Crippen LogP) is 2.51. The van der Waals surface area contributed by atoms with Crippen molar-refractivity contribution in [2.75, 3.05) is 7.11 Å². The average Bonchev–Trinajstić information content (AvgIpc) is 2.51. The van der Waals surface area contributed by atoms with Crippen LogP contribution in [0.5, 0.6) is 11.5 Å². The van der Waals surface area contributed by atoms with Crippen molar-refractivity contribution in [1.29, 1.82) is 0 Å². The molecule has 5 heteroatoms. The molecule has 1 heterocycles. The van der Waals surface area contributed by atoms with Crippen molar-refractivity contribution in [3.05, 3.63) is 59.4 Å². The fourth-order valence-electron chi connectivity index (χ4n) is 2.34. The second kappa shape index (κ2) is 5.18. The van der Waals surface area contributed by atoms with Crippen molar-refractivity contribution in [3.8, 4) is 11.5 Å². The molecule has 1 aliphatic heterocycles. The summed E-state index contributed by atoms with van der Waals surface area (Å²) in [5.41, 5.74) is 0.806. The molecule has 108 valence electrons. The monoisotopic (exact) mass is 288 g/mol. The first-order valence-corrected chi connectivity index (χ1v) is 6.42. The number of ketones is 1. The van der Waals surface area contributed by atoms with Gasteiger partial charge >= 0.3 is 0 Å². The minimum Gasteiger partial charge on any atom is -0.497 e. The SMILES string of the molecule is COc1ccc(C2Oc3cc(F)ccc3C(=O)C2O)cc1. The second-order valence-corrected chi connectivity index (χ2v) is 4.76. The summed E-state index contributed by atoms with van der Waals surface area (Å²) >= 11 is 0. The Balaban J connectivity index is 1.98. The van der Waals surface area contributed by atoms with Crippen LogP contribution >= 0.6 is 0 Å². The zero-order chi connectivity index (χ0) is 15.0. The van der Waals surface area contributed by atoms with Crippen LogP contribution < -0.4 is 9.47 Å². The number of hydrogen-bond donors (Lipinski definition) is 1. The topological polar surface area (TPSA) is 55.8 Å². The van der Waals surface area contributed by atoms with Gasteiger partial charge in [-0.1, -0.05) is 12.1 Å². The number of halogens is 1. The lowest BCUT2D eigenvalue weighted by Gasteiger charge is -2.29. The molecule has 1 aliphatic rings. The van der Waals surface area contributed by atoms with E-state index in [0.29, 0.717) is 11.3 Å². The van der Waals surface area contributed by atoms with Crippen LogP contribution in [-0.2, 0) is 0 Å². The maximum Gasteiger partial charge on any atom is 0.199 e. The van der Waals surface area contributed by atoms with E-state index in [2.05, 4.69) is 0 Å². The van der Waals surface area contributed by atoms with Gasteiger partial charge in [0.1, 0.15) is 17.3 Å². The zero-order valence-corrected chi connectivity index (χ0v) is 11.2. The predicted molar refractivity (Wildman–Crippen MR) is 73.1 cm³/mol. The molecule has 0 aliphatic carbocycles. The van der Waals surface area contributed by atoms with Crippen molar-refractivity contribution in [2.24, 2.45) is 0 Å². The summed E-state index contributed by atoms with van der Waals surface area (Å²) in [6.07, 6.45) is -2.19. The molecule has 2 aromatic carbocycles. The highest BCUT2D eigenvalue weighted by Gasteiger charge is 2.37. The molecule has 0 saturated heterocycles. The lowest BCUT2D eigenvalue weighted by Crippen LogP contribution is -2.36. The molecule has 0 saturated carbocycles. The summed E-state index contributed by atoms with van der Waals surface area (Å²) < 4.78 is 23.9. The minimum atomic E-state index is -1.32. The molecule has 2 atom stereocenters. The first-order valence-electron chi connectivity index (χ1n) is 6.42. The lowest BCUT2D eigenvalue weighted by atomic mass is 9.93. The molecule has 0 fully saturated rings. The molecule has 0 radical (unpaired) electrons. The van der Waals surface area contributed by atoms with E-state index in [0.717, 1.165) is 6.07 Å². The van der Waals surface area contributed by atoms with Gasteiger partial charge in [0.05, 0.1) is 12.7 Å². The van der Waals surface area contributed by atoms with Crippen molar-refractivity contribution in [2.45, 2.75) is 12.2 Å². The maximum absolute atomic E-state index is 13.3. The number of carbonyl (C=O) groups is 1. The normalized spacial score (nSPS) is 20.6. The van der Waals surface area contributed by atoms with Gasteiger partial charge in [-0.3, -0.25) is 4.79 Å². The van der Waals surface area contributed by atoms with Gasteiger partial charge in [0.15, 0.2) is 18.0 Å². The van der Waals surface area contributed by atoms with E-state index in [9.17, 15) is 14.3 Å². The maximum atomic E-state index is 13.3. The number of rotatable bonds is 2. The molecule has 0 bridgehead atoms. The summed E-state index contributed by atoms with van der Waals surface area (Å²) in [6, 6.07) is 10.4.